The van der Waals surface area contributed by atoms with Crippen molar-refractivity contribution >= 4 is 5.91 Å². The van der Waals surface area contributed by atoms with Gasteiger partial charge in [0.15, 0.2) is 0 Å². The van der Waals surface area contributed by atoms with Crippen LogP contribution in [-0.2, 0) is 4.79 Å². The van der Waals surface area contributed by atoms with Gasteiger partial charge in [0.05, 0.1) is 6.04 Å². The molecule has 1 unspecified atom stereocenters. The summed E-state index contributed by atoms with van der Waals surface area (Å²) in [7, 11) is 0. The fourth-order valence-electron chi connectivity index (χ4n) is 2.57. The second kappa shape index (κ2) is 7.74. The number of rotatable bonds is 6. The van der Waals surface area contributed by atoms with Crippen molar-refractivity contribution in [2.24, 2.45) is 17.6 Å². The molecule has 1 amide bonds. The highest BCUT2D eigenvalue weighted by Crippen LogP contribution is 2.14. The molecule has 0 aromatic carbocycles. The molecule has 2 atom stereocenters. The number of nitrogens with two attached hydrogens (primary N) is 1. The topological polar surface area (TPSA) is 58.4 Å². The molecule has 106 valence electrons. The average Bonchev–Trinajstić information content (AvgIpc) is 2.28. The van der Waals surface area contributed by atoms with Crippen LogP contribution in [0.4, 0.5) is 0 Å². The summed E-state index contributed by atoms with van der Waals surface area (Å²) in [6, 6.07) is -0.356. The highest BCUT2D eigenvalue weighted by molar-refractivity contribution is 5.81. The zero-order valence-electron chi connectivity index (χ0n) is 12.1. The van der Waals surface area contributed by atoms with Crippen LogP contribution in [0.3, 0.4) is 0 Å². The van der Waals surface area contributed by atoms with Crippen molar-refractivity contribution in [2.75, 3.05) is 26.2 Å². The van der Waals surface area contributed by atoms with Gasteiger partial charge < -0.3 is 16.0 Å². The summed E-state index contributed by atoms with van der Waals surface area (Å²) in [5, 5.41) is 2.94. The predicted octanol–water partition coefficient (Wildman–Crippen LogP) is 1.21. The third-order valence-corrected chi connectivity index (χ3v) is 3.53. The first kappa shape index (κ1) is 15.4. The molecule has 1 aliphatic rings. The van der Waals surface area contributed by atoms with Crippen LogP contribution in [0.15, 0.2) is 0 Å². The van der Waals surface area contributed by atoms with E-state index in [-0.39, 0.29) is 11.9 Å². The number of carbonyl (C=O) groups excluding carboxylic acids is 1. The van der Waals surface area contributed by atoms with Crippen molar-refractivity contribution in [3.05, 3.63) is 0 Å². The van der Waals surface area contributed by atoms with Crippen molar-refractivity contribution in [1.29, 1.82) is 0 Å². The van der Waals surface area contributed by atoms with Crippen molar-refractivity contribution < 1.29 is 4.79 Å². The van der Waals surface area contributed by atoms with Gasteiger partial charge in [-0.3, -0.25) is 4.79 Å². The number of likely N-dealkylation sites (tertiary alicyclic amines) is 1. The van der Waals surface area contributed by atoms with Crippen molar-refractivity contribution in [3.63, 3.8) is 0 Å². The van der Waals surface area contributed by atoms with E-state index in [1.54, 1.807) is 0 Å². The number of carbonyl (C=O) groups is 1. The molecule has 0 saturated carbocycles. The smallest absolute Gasteiger partial charge is 0.236 e. The first-order chi connectivity index (χ1) is 8.49. The third-order valence-electron chi connectivity index (χ3n) is 3.53. The fraction of sp³-hybridized carbons (Fsp3) is 0.929. The van der Waals surface area contributed by atoms with E-state index in [1.807, 2.05) is 0 Å². The standard InChI is InChI=1S/C14H29N3O/c1-11(2)9-13(15)14(18)16-6-8-17-7-4-5-12(3)10-17/h11-13H,4-10,15H2,1-3H3,(H,16,18)/t12?,13-/m0/s1. The number of hydrogen-bond donors (Lipinski definition) is 2. The molecular weight excluding hydrogens is 226 g/mol. The van der Waals surface area contributed by atoms with Crippen LogP contribution in [0.25, 0.3) is 0 Å². The lowest BCUT2D eigenvalue weighted by atomic mass is 10.0. The van der Waals surface area contributed by atoms with Gasteiger partial charge in [0.25, 0.3) is 0 Å². The van der Waals surface area contributed by atoms with Gasteiger partial charge in [0, 0.05) is 19.6 Å². The summed E-state index contributed by atoms with van der Waals surface area (Å²) in [6.07, 6.45) is 3.37. The molecule has 1 heterocycles. The Morgan fingerprint density at radius 1 is 1.50 bits per heavy atom. The van der Waals surface area contributed by atoms with Crippen molar-refractivity contribution in [1.82, 2.24) is 10.2 Å². The molecule has 1 aliphatic heterocycles. The first-order valence-corrected chi connectivity index (χ1v) is 7.24. The number of nitrogens with zero attached hydrogens (tertiary/aromatic N) is 1. The van der Waals surface area contributed by atoms with Gasteiger partial charge in [-0.15, -0.1) is 0 Å². The summed E-state index contributed by atoms with van der Waals surface area (Å²) in [6.45, 7) is 10.5. The minimum atomic E-state index is -0.356. The molecule has 4 heteroatoms. The van der Waals surface area contributed by atoms with Crippen LogP contribution in [0, 0.1) is 11.8 Å². The molecule has 3 N–H and O–H groups in total. The Hall–Kier alpha value is -0.610. The SMILES string of the molecule is CC(C)C[C@H](N)C(=O)NCCN1CCCC(C)C1. The van der Waals surface area contributed by atoms with E-state index < -0.39 is 0 Å². The lowest BCUT2D eigenvalue weighted by Gasteiger charge is -2.30. The maximum Gasteiger partial charge on any atom is 0.236 e. The van der Waals surface area contributed by atoms with Gasteiger partial charge in [-0.25, -0.2) is 0 Å². The summed E-state index contributed by atoms with van der Waals surface area (Å²) < 4.78 is 0. The van der Waals surface area contributed by atoms with Gasteiger partial charge in [-0.1, -0.05) is 20.8 Å². The van der Waals surface area contributed by atoms with Gasteiger partial charge in [-0.2, -0.15) is 0 Å². The summed E-state index contributed by atoms with van der Waals surface area (Å²) >= 11 is 0. The largest absolute Gasteiger partial charge is 0.353 e. The lowest BCUT2D eigenvalue weighted by molar-refractivity contribution is -0.122. The lowest BCUT2D eigenvalue weighted by Crippen LogP contribution is -2.45. The fourth-order valence-corrected chi connectivity index (χ4v) is 2.57. The van der Waals surface area contributed by atoms with Crippen LogP contribution >= 0.6 is 0 Å². The number of hydrogen-bond acceptors (Lipinski definition) is 3. The van der Waals surface area contributed by atoms with E-state index in [0.29, 0.717) is 5.92 Å². The minimum absolute atomic E-state index is 0.00578. The summed E-state index contributed by atoms with van der Waals surface area (Å²) in [4.78, 5) is 14.2. The molecule has 1 rings (SSSR count). The highest BCUT2D eigenvalue weighted by Gasteiger charge is 2.17. The second-order valence-electron chi connectivity index (χ2n) is 6.08. The third kappa shape index (κ3) is 5.83. The number of nitrogens with one attached hydrogen (secondary N) is 1. The Labute approximate surface area is 111 Å². The zero-order valence-corrected chi connectivity index (χ0v) is 12.1. The molecule has 1 fully saturated rings. The Kier molecular flexibility index (Phi) is 6.65. The number of amides is 1. The second-order valence-corrected chi connectivity index (χ2v) is 6.08. The Balaban J connectivity index is 2.14. The van der Waals surface area contributed by atoms with E-state index in [2.05, 4.69) is 31.0 Å². The van der Waals surface area contributed by atoms with Crippen LogP contribution < -0.4 is 11.1 Å². The quantitative estimate of drug-likeness (QED) is 0.750. The zero-order chi connectivity index (χ0) is 13.5. The molecule has 0 spiro atoms. The molecule has 0 radical (unpaired) electrons. The normalized spacial score (nSPS) is 23.1. The Morgan fingerprint density at radius 2 is 2.22 bits per heavy atom. The Morgan fingerprint density at radius 3 is 2.83 bits per heavy atom. The van der Waals surface area contributed by atoms with E-state index in [0.717, 1.165) is 38.5 Å². The van der Waals surface area contributed by atoms with Gasteiger partial charge in [0.1, 0.15) is 0 Å². The van der Waals surface area contributed by atoms with Gasteiger partial charge >= 0.3 is 0 Å². The van der Waals surface area contributed by atoms with E-state index in [9.17, 15) is 4.79 Å². The van der Waals surface area contributed by atoms with Crippen molar-refractivity contribution in [3.8, 4) is 0 Å². The van der Waals surface area contributed by atoms with E-state index in [1.165, 1.54) is 12.8 Å². The molecule has 18 heavy (non-hydrogen) atoms. The monoisotopic (exact) mass is 255 g/mol. The highest BCUT2D eigenvalue weighted by atomic mass is 16.2. The summed E-state index contributed by atoms with van der Waals surface area (Å²) in [5.74, 6) is 1.25. The van der Waals surface area contributed by atoms with Crippen LogP contribution in [0.5, 0.6) is 0 Å². The molecule has 1 saturated heterocycles. The van der Waals surface area contributed by atoms with Gasteiger partial charge in [0.2, 0.25) is 5.91 Å². The van der Waals surface area contributed by atoms with Crippen LogP contribution in [-0.4, -0.2) is 43.0 Å². The number of piperidine rings is 1. The maximum absolute atomic E-state index is 11.7. The molecule has 0 bridgehead atoms. The van der Waals surface area contributed by atoms with E-state index in [4.69, 9.17) is 5.73 Å². The molecule has 0 aliphatic carbocycles. The van der Waals surface area contributed by atoms with Gasteiger partial charge in [-0.05, 0) is 37.6 Å². The molecule has 0 aromatic heterocycles. The average molecular weight is 255 g/mol. The molecular formula is C14H29N3O. The molecule has 0 aromatic rings. The first-order valence-electron chi connectivity index (χ1n) is 7.24. The minimum Gasteiger partial charge on any atom is -0.353 e. The Bertz CT molecular complexity index is 255. The predicted molar refractivity (Wildman–Crippen MR) is 75.3 cm³/mol. The van der Waals surface area contributed by atoms with Crippen LogP contribution in [0.1, 0.15) is 40.0 Å². The maximum atomic E-state index is 11.7. The molecule has 4 nitrogen and oxygen atoms in total. The summed E-state index contributed by atoms with van der Waals surface area (Å²) in [5.41, 5.74) is 5.83. The van der Waals surface area contributed by atoms with Crippen LogP contribution in [0.2, 0.25) is 0 Å². The van der Waals surface area contributed by atoms with E-state index >= 15 is 0 Å². The van der Waals surface area contributed by atoms with Crippen molar-refractivity contribution in [2.45, 2.75) is 46.1 Å².